The topological polar surface area (TPSA) is 75.7 Å². The summed E-state index contributed by atoms with van der Waals surface area (Å²) >= 11 is 0. The van der Waals surface area contributed by atoms with Gasteiger partial charge < -0.3 is 4.74 Å². The molecule has 0 aromatic heterocycles. The molecule has 1 aromatic rings. The summed E-state index contributed by atoms with van der Waals surface area (Å²) in [5.74, 6) is -1.79. The summed E-state index contributed by atoms with van der Waals surface area (Å²) in [6, 6.07) is 2.96. The Hall–Kier alpha value is -2.44. The van der Waals surface area contributed by atoms with Crippen LogP contribution in [0.2, 0.25) is 0 Å². The molecule has 6 nitrogen and oxygen atoms in total. The van der Waals surface area contributed by atoms with Crippen LogP contribution in [0.1, 0.15) is 19.8 Å². The molecule has 4 amide bonds. The molecule has 1 N–H and O–H groups in total. The van der Waals surface area contributed by atoms with Gasteiger partial charge in [-0.15, -0.1) is 0 Å². The molecule has 1 saturated carbocycles. The SMILES string of the molecule is CCOc1ccc(N2C(=O)NC(=O)C3(CC3)C2=O)cc1F. The predicted molar refractivity (Wildman–Crippen MR) is 70.3 cm³/mol. The molecular formula is C14H13FN2O4. The van der Waals surface area contributed by atoms with E-state index in [-0.39, 0.29) is 11.4 Å². The Kier molecular flexibility index (Phi) is 2.93. The minimum absolute atomic E-state index is 0.0447. The number of hydrogen-bond acceptors (Lipinski definition) is 4. The molecule has 1 aliphatic heterocycles. The first-order valence-electron chi connectivity index (χ1n) is 6.62. The second kappa shape index (κ2) is 4.54. The van der Waals surface area contributed by atoms with Crippen LogP contribution in [-0.4, -0.2) is 24.5 Å². The van der Waals surface area contributed by atoms with Crippen LogP contribution in [0, 0.1) is 11.2 Å². The highest BCUT2D eigenvalue weighted by Crippen LogP contribution is 2.49. The fourth-order valence-electron chi connectivity index (χ4n) is 2.38. The Bertz CT molecular complexity index is 654. The fraction of sp³-hybridized carbons (Fsp3) is 0.357. The molecule has 3 rings (SSSR count). The molecule has 2 fully saturated rings. The number of imide groups is 2. The summed E-state index contributed by atoms with van der Waals surface area (Å²) in [6.45, 7) is 2.02. The molecule has 110 valence electrons. The average Bonchev–Trinajstić information content (AvgIpc) is 3.22. The number of amides is 4. The monoisotopic (exact) mass is 292 g/mol. The zero-order chi connectivity index (χ0) is 15.2. The number of halogens is 1. The minimum atomic E-state index is -1.15. The van der Waals surface area contributed by atoms with E-state index < -0.39 is 29.1 Å². The summed E-state index contributed by atoms with van der Waals surface area (Å²) in [4.78, 5) is 36.7. The number of carbonyl (C=O) groups is 3. The second-order valence-corrected chi connectivity index (χ2v) is 5.03. The number of nitrogens with zero attached hydrogens (tertiary/aromatic N) is 1. The third-order valence-corrected chi connectivity index (χ3v) is 3.69. The standard InChI is InChI=1S/C14H13FN2O4/c1-2-21-10-4-3-8(7-9(10)15)17-12(19)14(5-6-14)11(18)16-13(17)20/h3-4,7H,2,5-6H2,1H3,(H,16,18,20). The Balaban J connectivity index is 1.96. The molecule has 21 heavy (non-hydrogen) atoms. The first-order valence-corrected chi connectivity index (χ1v) is 6.62. The van der Waals surface area contributed by atoms with E-state index in [1.165, 1.54) is 12.1 Å². The molecule has 1 aromatic carbocycles. The molecule has 2 aliphatic rings. The Morgan fingerprint density at radius 1 is 1.33 bits per heavy atom. The molecule has 1 spiro atoms. The number of barbiturate groups is 1. The van der Waals surface area contributed by atoms with Crippen molar-refractivity contribution in [3.63, 3.8) is 0 Å². The third kappa shape index (κ3) is 1.96. The van der Waals surface area contributed by atoms with Crippen molar-refractivity contribution >= 4 is 23.5 Å². The molecule has 0 atom stereocenters. The van der Waals surface area contributed by atoms with Gasteiger partial charge in [-0.2, -0.15) is 0 Å². The van der Waals surface area contributed by atoms with Crippen molar-refractivity contribution in [1.82, 2.24) is 5.32 Å². The molecule has 0 radical (unpaired) electrons. The summed E-state index contributed by atoms with van der Waals surface area (Å²) in [6.07, 6.45) is 0.807. The van der Waals surface area contributed by atoms with E-state index in [0.717, 1.165) is 11.0 Å². The van der Waals surface area contributed by atoms with Gasteiger partial charge in [-0.25, -0.2) is 14.1 Å². The van der Waals surface area contributed by atoms with Crippen molar-refractivity contribution in [1.29, 1.82) is 0 Å². The maximum Gasteiger partial charge on any atom is 0.335 e. The van der Waals surface area contributed by atoms with Crippen molar-refractivity contribution in [2.24, 2.45) is 5.41 Å². The van der Waals surface area contributed by atoms with E-state index in [1.54, 1.807) is 6.92 Å². The lowest BCUT2D eigenvalue weighted by Gasteiger charge is -2.30. The van der Waals surface area contributed by atoms with Crippen LogP contribution in [0.4, 0.5) is 14.9 Å². The first kappa shape index (κ1) is 13.5. The Labute approximate surface area is 119 Å². The maximum absolute atomic E-state index is 13.9. The van der Waals surface area contributed by atoms with E-state index in [1.807, 2.05) is 0 Å². The quantitative estimate of drug-likeness (QED) is 0.858. The summed E-state index contributed by atoms with van der Waals surface area (Å²) in [5, 5.41) is 2.14. The molecule has 0 bridgehead atoms. The smallest absolute Gasteiger partial charge is 0.335 e. The van der Waals surface area contributed by atoms with Crippen LogP contribution in [0.5, 0.6) is 5.75 Å². The highest BCUT2D eigenvalue weighted by Gasteiger charge is 2.62. The molecule has 7 heteroatoms. The van der Waals surface area contributed by atoms with Gasteiger partial charge in [0, 0.05) is 6.07 Å². The highest BCUT2D eigenvalue weighted by molar-refractivity contribution is 6.31. The minimum Gasteiger partial charge on any atom is -0.491 e. The van der Waals surface area contributed by atoms with Gasteiger partial charge in [0.15, 0.2) is 11.6 Å². The highest BCUT2D eigenvalue weighted by atomic mass is 19.1. The fourth-order valence-corrected chi connectivity index (χ4v) is 2.38. The lowest BCUT2D eigenvalue weighted by Crippen LogP contribution is -2.59. The number of anilines is 1. The van der Waals surface area contributed by atoms with Crippen molar-refractivity contribution in [3.8, 4) is 5.75 Å². The molecule has 1 heterocycles. The normalized spacial score (nSPS) is 19.7. The van der Waals surface area contributed by atoms with Crippen LogP contribution in [0.3, 0.4) is 0 Å². The van der Waals surface area contributed by atoms with Crippen LogP contribution in [0.25, 0.3) is 0 Å². The summed E-state index contributed by atoms with van der Waals surface area (Å²) in [5.41, 5.74) is -1.07. The van der Waals surface area contributed by atoms with Gasteiger partial charge in [-0.1, -0.05) is 0 Å². The number of hydrogen-bond donors (Lipinski definition) is 1. The van der Waals surface area contributed by atoms with Crippen LogP contribution in [0.15, 0.2) is 18.2 Å². The molecular weight excluding hydrogens is 279 g/mol. The second-order valence-electron chi connectivity index (χ2n) is 5.03. The predicted octanol–water partition coefficient (Wildman–Crippen LogP) is 1.59. The summed E-state index contributed by atoms with van der Waals surface area (Å²) in [7, 11) is 0. The van der Waals surface area contributed by atoms with E-state index in [0.29, 0.717) is 19.4 Å². The molecule has 0 unspecified atom stereocenters. The summed E-state index contributed by atoms with van der Waals surface area (Å²) < 4.78 is 18.9. The number of rotatable bonds is 3. The van der Waals surface area contributed by atoms with Gasteiger partial charge in [0.2, 0.25) is 5.91 Å². The lowest BCUT2D eigenvalue weighted by atomic mass is 10.0. The van der Waals surface area contributed by atoms with Crippen LogP contribution >= 0.6 is 0 Å². The number of urea groups is 1. The average molecular weight is 292 g/mol. The largest absolute Gasteiger partial charge is 0.491 e. The van der Waals surface area contributed by atoms with E-state index in [4.69, 9.17) is 4.74 Å². The van der Waals surface area contributed by atoms with Crippen molar-refractivity contribution in [2.75, 3.05) is 11.5 Å². The zero-order valence-electron chi connectivity index (χ0n) is 11.3. The van der Waals surface area contributed by atoms with Gasteiger partial charge >= 0.3 is 6.03 Å². The molecule has 1 saturated heterocycles. The number of benzene rings is 1. The van der Waals surface area contributed by atoms with Crippen molar-refractivity contribution < 1.29 is 23.5 Å². The Morgan fingerprint density at radius 2 is 2.05 bits per heavy atom. The Morgan fingerprint density at radius 3 is 2.62 bits per heavy atom. The van der Waals surface area contributed by atoms with E-state index in [2.05, 4.69) is 5.32 Å². The molecule has 1 aliphatic carbocycles. The van der Waals surface area contributed by atoms with Gasteiger partial charge in [0.25, 0.3) is 5.91 Å². The van der Waals surface area contributed by atoms with Gasteiger partial charge in [0.05, 0.1) is 12.3 Å². The van der Waals surface area contributed by atoms with Gasteiger partial charge in [-0.05, 0) is 31.9 Å². The third-order valence-electron chi connectivity index (χ3n) is 3.69. The number of nitrogens with one attached hydrogen (secondary N) is 1. The number of carbonyl (C=O) groups excluding carboxylic acids is 3. The van der Waals surface area contributed by atoms with Crippen molar-refractivity contribution in [3.05, 3.63) is 24.0 Å². The maximum atomic E-state index is 13.9. The first-order chi connectivity index (χ1) is 9.99. The van der Waals surface area contributed by atoms with Gasteiger partial charge in [-0.3, -0.25) is 14.9 Å². The number of ether oxygens (including phenoxy) is 1. The lowest BCUT2D eigenvalue weighted by molar-refractivity contribution is -0.136. The van der Waals surface area contributed by atoms with Crippen LogP contribution < -0.4 is 15.0 Å². The van der Waals surface area contributed by atoms with E-state index >= 15 is 0 Å². The van der Waals surface area contributed by atoms with E-state index in [9.17, 15) is 18.8 Å². The van der Waals surface area contributed by atoms with Gasteiger partial charge in [0.1, 0.15) is 5.41 Å². The van der Waals surface area contributed by atoms with Crippen LogP contribution in [-0.2, 0) is 9.59 Å². The zero-order valence-corrected chi connectivity index (χ0v) is 11.3. The van der Waals surface area contributed by atoms with Crippen molar-refractivity contribution in [2.45, 2.75) is 19.8 Å².